The molecule has 0 aliphatic heterocycles. The third-order valence-corrected chi connectivity index (χ3v) is 3.95. The molecular formula is C20H28N2O5. The molecule has 0 heterocycles. The number of carboxylic acid groups (broad SMARTS) is 1. The minimum atomic E-state index is -1.22. The van der Waals surface area contributed by atoms with Gasteiger partial charge in [-0.15, -0.1) is 0 Å². The molecule has 0 saturated heterocycles. The summed E-state index contributed by atoms with van der Waals surface area (Å²) < 4.78 is 0. The lowest BCUT2D eigenvalue weighted by atomic mass is 10.00. The Kier molecular flexibility index (Phi) is 8.65. The maximum Gasteiger partial charge on any atom is 0.336 e. The number of aldehydes is 1. The second-order valence-electron chi connectivity index (χ2n) is 7.39. The van der Waals surface area contributed by atoms with Gasteiger partial charge in [0.1, 0.15) is 12.3 Å². The zero-order valence-electron chi connectivity index (χ0n) is 16.2. The van der Waals surface area contributed by atoms with E-state index in [1.807, 2.05) is 27.7 Å². The Morgan fingerprint density at radius 3 is 2.00 bits per heavy atom. The van der Waals surface area contributed by atoms with Gasteiger partial charge in [0.25, 0.3) is 5.91 Å². The Morgan fingerprint density at radius 1 is 0.963 bits per heavy atom. The van der Waals surface area contributed by atoms with Crippen molar-refractivity contribution in [2.24, 2.45) is 11.8 Å². The minimum Gasteiger partial charge on any atom is -0.478 e. The third kappa shape index (κ3) is 7.21. The van der Waals surface area contributed by atoms with Gasteiger partial charge in [-0.25, -0.2) is 4.79 Å². The van der Waals surface area contributed by atoms with Crippen LogP contribution in [0.4, 0.5) is 0 Å². The van der Waals surface area contributed by atoms with Crippen LogP contribution in [0.3, 0.4) is 0 Å². The highest BCUT2D eigenvalue weighted by Crippen LogP contribution is 2.12. The molecule has 1 aromatic carbocycles. The van der Waals surface area contributed by atoms with Crippen molar-refractivity contribution < 1.29 is 24.3 Å². The first kappa shape index (κ1) is 22.3. The smallest absolute Gasteiger partial charge is 0.336 e. The van der Waals surface area contributed by atoms with Crippen LogP contribution in [0.25, 0.3) is 0 Å². The van der Waals surface area contributed by atoms with Gasteiger partial charge in [0.15, 0.2) is 0 Å². The molecule has 7 heteroatoms. The molecule has 2 amide bonds. The zero-order valence-corrected chi connectivity index (χ0v) is 16.2. The van der Waals surface area contributed by atoms with Crippen molar-refractivity contribution in [3.05, 3.63) is 35.4 Å². The van der Waals surface area contributed by atoms with E-state index >= 15 is 0 Å². The lowest BCUT2D eigenvalue weighted by molar-refractivity contribution is -0.126. The van der Waals surface area contributed by atoms with Gasteiger partial charge in [0, 0.05) is 0 Å². The molecule has 0 saturated carbocycles. The Bertz CT molecular complexity index is 685. The van der Waals surface area contributed by atoms with Gasteiger partial charge in [-0.2, -0.15) is 0 Å². The van der Waals surface area contributed by atoms with Crippen LogP contribution < -0.4 is 10.6 Å². The fourth-order valence-corrected chi connectivity index (χ4v) is 2.75. The lowest BCUT2D eigenvalue weighted by Gasteiger charge is -2.23. The molecule has 148 valence electrons. The van der Waals surface area contributed by atoms with E-state index < -0.39 is 29.9 Å². The second kappa shape index (κ2) is 10.4. The molecule has 27 heavy (non-hydrogen) atoms. The standard InChI is InChI=1S/C20H28N2O5/c1-12(2)9-14(11-23)21-19(25)17(10-13(3)4)22-18(24)15-7-5-6-8-16(15)20(26)27/h5-8,11-14,17H,9-10H2,1-4H3,(H,21,25)(H,22,24)(H,26,27)/t14-,17-/m0/s1. The molecule has 0 bridgehead atoms. The summed E-state index contributed by atoms with van der Waals surface area (Å²) in [5, 5.41) is 14.5. The van der Waals surface area contributed by atoms with E-state index in [1.54, 1.807) is 6.07 Å². The monoisotopic (exact) mass is 376 g/mol. The largest absolute Gasteiger partial charge is 0.478 e. The van der Waals surface area contributed by atoms with Crippen molar-refractivity contribution in [1.82, 2.24) is 10.6 Å². The third-order valence-electron chi connectivity index (χ3n) is 3.95. The number of hydrogen-bond donors (Lipinski definition) is 3. The molecule has 1 aromatic rings. The van der Waals surface area contributed by atoms with Crippen LogP contribution in [0.5, 0.6) is 0 Å². The highest BCUT2D eigenvalue weighted by atomic mass is 16.4. The molecule has 7 nitrogen and oxygen atoms in total. The molecule has 0 fully saturated rings. The Morgan fingerprint density at radius 2 is 1.52 bits per heavy atom. The summed E-state index contributed by atoms with van der Waals surface area (Å²) in [6, 6.07) is 4.32. The van der Waals surface area contributed by atoms with E-state index in [9.17, 15) is 24.3 Å². The fraction of sp³-hybridized carbons (Fsp3) is 0.500. The van der Waals surface area contributed by atoms with Gasteiger partial charge in [-0.3, -0.25) is 9.59 Å². The maximum absolute atomic E-state index is 12.6. The number of benzene rings is 1. The maximum atomic E-state index is 12.6. The van der Waals surface area contributed by atoms with Crippen molar-refractivity contribution in [2.75, 3.05) is 0 Å². The topological polar surface area (TPSA) is 113 Å². The fourth-order valence-electron chi connectivity index (χ4n) is 2.75. The van der Waals surface area contributed by atoms with Gasteiger partial charge in [-0.05, 0) is 36.8 Å². The van der Waals surface area contributed by atoms with E-state index in [0.717, 1.165) is 0 Å². The first-order valence-corrected chi connectivity index (χ1v) is 9.04. The molecule has 0 radical (unpaired) electrons. The zero-order chi connectivity index (χ0) is 20.6. The summed E-state index contributed by atoms with van der Waals surface area (Å²) in [6.07, 6.45) is 1.55. The van der Waals surface area contributed by atoms with Crippen LogP contribution >= 0.6 is 0 Å². The average molecular weight is 376 g/mol. The Hall–Kier alpha value is -2.70. The number of nitrogens with one attached hydrogen (secondary N) is 2. The van der Waals surface area contributed by atoms with Crippen molar-refractivity contribution in [3.8, 4) is 0 Å². The summed E-state index contributed by atoms with van der Waals surface area (Å²) in [5.74, 6) is -1.98. The minimum absolute atomic E-state index is 0.0133. The van der Waals surface area contributed by atoms with Crippen LogP contribution in [-0.4, -0.2) is 41.3 Å². The highest BCUT2D eigenvalue weighted by Gasteiger charge is 2.26. The van der Waals surface area contributed by atoms with Gasteiger partial charge >= 0.3 is 5.97 Å². The number of rotatable bonds is 10. The van der Waals surface area contributed by atoms with Crippen LogP contribution in [0.15, 0.2) is 24.3 Å². The van der Waals surface area contributed by atoms with Gasteiger partial charge in [0.2, 0.25) is 5.91 Å². The van der Waals surface area contributed by atoms with Gasteiger partial charge in [-0.1, -0.05) is 39.8 Å². The van der Waals surface area contributed by atoms with E-state index in [0.29, 0.717) is 19.1 Å². The first-order chi connectivity index (χ1) is 12.6. The lowest BCUT2D eigenvalue weighted by Crippen LogP contribution is -2.51. The number of carboxylic acids is 1. The molecule has 0 aromatic heterocycles. The van der Waals surface area contributed by atoms with E-state index in [4.69, 9.17) is 0 Å². The normalized spacial score (nSPS) is 13.1. The second-order valence-corrected chi connectivity index (χ2v) is 7.39. The number of aromatic carboxylic acids is 1. The van der Waals surface area contributed by atoms with Crippen molar-refractivity contribution >= 4 is 24.1 Å². The molecule has 0 aliphatic carbocycles. The molecule has 0 unspecified atom stereocenters. The summed E-state index contributed by atoms with van der Waals surface area (Å²) in [4.78, 5) is 47.7. The molecule has 1 rings (SSSR count). The molecule has 2 atom stereocenters. The summed E-state index contributed by atoms with van der Waals surface area (Å²) in [6.45, 7) is 7.70. The number of carbonyl (C=O) groups excluding carboxylic acids is 3. The quantitative estimate of drug-likeness (QED) is 0.542. The molecule has 3 N–H and O–H groups in total. The van der Waals surface area contributed by atoms with Crippen molar-refractivity contribution in [3.63, 3.8) is 0 Å². The van der Waals surface area contributed by atoms with E-state index in [1.165, 1.54) is 18.2 Å². The van der Waals surface area contributed by atoms with E-state index in [2.05, 4.69) is 10.6 Å². The van der Waals surface area contributed by atoms with Crippen LogP contribution in [-0.2, 0) is 9.59 Å². The Labute approximate surface area is 159 Å². The molecule has 0 spiro atoms. The number of hydrogen-bond acceptors (Lipinski definition) is 4. The highest BCUT2D eigenvalue weighted by molar-refractivity contribution is 6.06. The van der Waals surface area contributed by atoms with E-state index in [-0.39, 0.29) is 23.0 Å². The first-order valence-electron chi connectivity index (χ1n) is 9.04. The van der Waals surface area contributed by atoms with Crippen molar-refractivity contribution in [2.45, 2.75) is 52.6 Å². The summed E-state index contributed by atoms with van der Waals surface area (Å²) in [5.41, 5.74) is -0.148. The van der Waals surface area contributed by atoms with Gasteiger partial charge in [0.05, 0.1) is 17.2 Å². The number of amides is 2. The van der Waals surface area contributed by atoms with Gasteiger partial charge < -0.3 is 20.5 Å². The predicted octanol–water partition coefficient (Wildman–Crippen LogP) is 2.26. The summed E-state index contributed by atoms with van der Waals surface area (Å²) in [7, 11) is 0. The number of carbonyl (C=O) groups is 4. The predicted molar refractivity (Wildman–Crippen MR) is 102 cm³/mol. The molecule has 0 aliphatic rings. The van der Waals surface area contributed by atoms with Crippen molar-refractivity contribution in [1.29, 1.82) is 0 Å². The Balaban J connectivity index is 2.97. The van der Waals surface area contributed by atoms with Crippen LogP contribution in [0, 0.1) is 11.8 Å². The average Bonchev–Trinajstić information content (AvgIpc) is 2.59. The summed E-state index contributed by atoms with van der Waals surface area (Å²) >= 11 is 0. The SMILES string of the molecule is CC(C)C[C@@H](C=O)NC(=O)[C@H](CC(C)C)NC(=O)c1ccccc1C(=O)O. The van der Waals surface area contributed by atoms with Crippen LogP contribution in [0.2, 0.25) is 0 Å². The molecular weight excluding hydrogens is 348 g/mol. The van der Waals surface area contributed by atoms with Crippen LogP contribution in [0.1, 0.15) is 61.3 Å².